The molecular formula is C15H24N2S. The van der Waals surface area contributed by atoms with Gasteiger partial charge in [-0.05, 0) is 23.1 Å². The van der Waals surface area contributed by atoms with Crippen LogP contribution in [-0.4, -0.2) is 30.6 Å². The molecule has 1 atom stereocenters. The summed E-state index contributed by atoms with van der Waals surface area (Å²) in [6.07, 6.45) is 0. The third kappa shape index (κ3) is 3.21. The summed E-state index contributed by atoms with van der Waals surface area (Å²) in [4.78, 5) is 2.46. The van der Waals surface area contributed by atoms with Gasteiger partial charge < -0.3 is 10.6 Å². The Balaban J connectivity index is 2.09. The predicted molar refractivity (Wildman–Crippen MR) is 82.7 cm³/mol. The van der Waals surface area contributed by atoms with Gasteiger partial charge in [-0.1, -0.05) is 32.9 Å². The minimum atomic E-state index is 0.232. The highest BCUT2D eigenvalue weighted by Crippen LogP contribution is 2.27. The molecule has 1 aliphatic rings. The second kappa shape index (κ2) is 5.54. The summed E-state index contributed by atoms with van der Waals surface area (Å²) in [7, 11) is 0. The summed E-state index contributed by atoms with van der Waals surface area (Å²) >= 11 is 2.00. The van der Waals surface area contributed by atoms with Crippen LogP contribution in [0.1, 0.15) is 26.3 Å². The van der Waals surface area contributed by atoms with Gasteiger partial charge >= 0.3 is 0 Å². The van der Waals surface area contributed by atoms with Crippen molar-refractivity contribution in [2.24, 2.45) is 5.73 Å². The lowest BCUT2D eigenvalue weighted by Crippen LogP contribution is -2.41. The van der Waals surface area contributed by atoms with Crippen molar-refractivity contribution in [3.8, 4) is 0 Å². The predicted octanol–water partition coefficient (Wildman–Crippen LogP) is 2.86. The second-order valence-corrected chi connectivity index (χ2v) is 7.38. The fourth-order valence-corrected chi connectivity index (χ4v) is 3.35. The van der Waals surface area contributed by atoms with Gasteiger partial charge in [0.1, 0.15) is 0 Å². The molecule has 0 radical (unpaired) electrons. The molecule has 1 fully saturated rings. The maximum atomic E-state index is 5.78. The Labute approximate surface area is 115 Å². The standard InChI is InChI=1S/C15H24N2S/c1-15(2,3)12-4-6-13(7-5-12)17-8-9-18-14(10-16)11-17/h4-7,14H,8-11,16H2,1-3H3. The fraction of sp³-hybridized carbons (Fsp3) is 0.600. The summed E-state index contributed by atoms with van der Waals surface area (Å²) in [5, 5.41) is 0.584. The number of anilines is 1. The van der Waals surface area contributed by atoms with Gasteiger partial charge in [0.15, 0.2) is 0 Å². The fourth-order valence-electron chi connectivity index (χ4n) is 2.27. The minimum absolute atomic E-state index is 0.232. The van der Waals surface area contributed by atoms with E-state index in [1.54, 1.807) is 0 Å². The first-order valence-electron chi connectivity index (χ1n) is 6.68. The Bertz CT molecular complexity index is 380. The van der Waals surface area contributed by atoms with Crippen LogP contribution in [0.2, 0.25) is 0 Å². The first kappa shape index (κ1) is 13.8. The lowest BCUT2D eigenvalue weighted by atomic mass is 9.87. The Morgan fingerprint density at radius 3 is 2.50 bits per heavy atom. The normalized spacial score (nSPS) is 21.1. The second-order valence-electron chi connectivity index (χ2n) is 5.97. The average molecular weight is 264 g/mol. The number of hydrogen-bond acceptors (Lipinski definition) is 3. The van der Waals surface area contributed by atoms with Crippen molar-refractivity contribution in [3.63, 3.8) is 0 Å². The van der Waals surface area contributed by atoms with E-state index in [0.29, 0.717) is 5.25 Å². The van der Waals surface area contributed by atoms with E-state index in [0.717, 1.165) is 19.6 Å². The molecule has 1 aromatic carbocycles. The Kier molecular flexibility index (Phi) is 4.23. The van der Waals surface area contributed by atoms with Crippen molar-refractivity contribution in [2.75, 3.05) is 30.3 Å². The Morgan fingerprint density at radius 1 is 1.28 bits per heavy atom. The molecule has 100 valence electrons. The van der Waals surface area contributed by atoms with Crippen LogP contribution in [0.25, 0.3) is 0 Å². The van der Waals surface area contributed by atoms with Gasteiger partial charge in [-0.25, -0.2) is 0 Å². The minimum Gasteiger partial charge on any atom is -0.370 e. The van der Waals surface area contributed by atoms with E-state index in [1.807, 2.05) is 11.8 Å². The topological polar surface area (TPSA) is 29.3 Å². The first-order chi connectivity index (χ1) is 8.50. The van der Waals surface area contributed by atoms with Gasteiger partial charge in [-0.3, -0.25) is 0 Å². The van der Waals surface area contributed by atoms with Crippen molar-refractivity contribution in [2.45, 2.75) is 31.4 Å². The molecule has 0 aromatic heterocycles. The SMILES string of the molecule is CC(C)(C)c1ccc(N2CCSC(CN)C2)cc1. The molecule has 0 spiro atoms. The van der Waals surface area contributed by atoms with Gasteiger partial charge in [-0.2, -0.15) is 11.8 Å². The van der Waals surface area contributed by atoms with Crippen LogP contribution in [0.5, 0.6) is 0 Å². The highest BCUT2D eigenvalue weighted by Gasteiger charge is 2.20. The highest BCUT2D eigenvalue weighted by atomic mass is 32.2. The van der Waals surface area contributed by atoms with Crippen molar-refractivity contribution in [3.05, 3.63) is 29.8 Å². The van der Waals surface area contributed by atoms with Crippen molar-refractivity contribution < 1.29 is 0 Å². The maximum absolute atomic E-state index is 5.78. The molecule has 1 heterocycles. The number of thioether (sulfide) groups is 1. The zero-order chi connectivity index (χ0) is 13.2. The van der Waals surface area contributed by atoms with Crippen molar-refractivity contribution in [1.82, 2.24) is 0 Å². The van der Waals surface area contributed by atoms with Gasteiger partial charge in [0.05, 0.1) is 0 Å². The summed E-state index contributed by atoms with van der Waals surface area (Å²) in [5.41, 5.74) is 8.74. The molecule has 0 amide bonds. The monoisotopic (exact) mass is 264 g/mol. The average Bonchev–Trinajstić information content (AvgIpc) is 2.38. The van der Waals surface area contributed by atoms with Crippen LogP contribution in [0.4, 0.5) is 5.69 Å². The van der Waals surface area contributed by atoms with E-state index in [4.69, 9.17) is 5.73 Å². The number of nitrogens with two attached hydrogens (primary N) is 1. The molecule has 1 aromatic rings. The van der Waals surface area contributed by atoms with Crippen LogP contribution in [0.3, 0.4) is 0 Å². The van der Waals surface area contributed by atoms with Crippen molar-refractivity contribution in [1.29, 1.82) is 0 Å². The summed E-state index contributed by atoms with van der Waals surface area (Å²) in [5.74, 6) is 1.18. The van der Waals surface area contributed by atoms with E-state index in [-0.39, 0.29) is 5.41 Å². The van der Waals surface area contributed by atoms with Crippen LogP contribution >= 0.6 is 11.8 Å². The van der Waals surface area contributed by atoms with E-state index in [2.05, 4.69) is 49.9 Å². The smallest absolute Gasteiger partial charge is 0.0367 e. The third-order valence-electron chi connectivity index (χ3n) is 3.50. The number of nitrogens with zero attached hydrogens (tertiary/aromatic N) is 1. The number of hydrogen-bond donors (Lipinski definition) is 1. The quantitative estimate of drug-likeness (QED) is 0.890. The molecule has 0 bridgehead atoms. The van der Waals surface area contributed by atoms with Gasteiger partial charge in [0.2, 0.25) is 0 Å². The van der Waals surface area contributed by atoms with Crippen LogP contribution in [0.15, 0.2) is 24.3 Å². The summed E-state index contributed by atoms with van der Waals surface area (Å²) in [6.45, 7) is 9.76. The first-order valence-corrected chi connectivity index (χ1v) is 7.73. The third-order valence-corrected chi connectivity index (χ3v) is 4.73. The Morgan fingerprint density at radius 2 is 1.94 bits per heavy atom. The lowest BCUT2D eigenvalue weighted by Gasteiger charge is -2.34. The largest absolute Gasteiger partial charge is 0.370 e. The molecule has 0 saturated carbocycles. The molecule has 1 saturated heterocycles. The molecular weight excluding hydrogens is 240 g/mol. The zero-order valence-electron chi connectivity index (χ0n) is 11.6. The van der Waals surface area contributed by atoms with Crippen molar-refractivity contribution >= 4 is 17.4 Å². The molecule has 1 unspecified atom stereocenters. The van der Waals surface area contributed by atoms with Crippen LogP contribution < -0.4 is 10.6 Å². The Hall–Kier alpha value is -0.670. The molecule has 3 heteroatoms. The molecule has 2 nitrogen and oxygen atoms in total. The van der Waals surface area contributed by atoms with Gasteiger partial charge in [-0.15, -0.1) is 0 Å². The van der Waals surface area contributed by atoms with E-state index in [1.165, 1.54) is 17.0 Å². The van der Waals surface area contributed by atoms with Gasteiger partial charge in [0, 0.05) is 36.3 Å². The van der Waals surface area contributed by atoms with Gasteiger partial charge in [0.25, 0.3) is 0 Å². The summed E-state index contributed by atoms with van der Waals surface area (Å²) < 4.78 is 0. The van der Waals surface area contributed by atoms with E-state index in [9.17, 15) is 0 Å². The molecule has 0 aliphatic carbocycles. The number of benzene rings is 1. The van der Waals surface area contributed by atoms with E-state index >= 15 is 0 Å². The number of rotatable bonds is 2. The zero-order valence-corrected chi connectivity index (χ0v) is 12.5. The lowest BCUT2D eigenvalue weighted by molar-refractivity contribution is 0.590. The molecule has 2 N–H and O–H groups in total. The van der Waals surface area contributed by atoms with Crippen LogP contribution in [-0.2, 0) is 5.41 Å². The molecule has 1 aliphatic heterocycles. The highest BCUT2D eigenvalue weighted by molar-refractivity contribution is 8.00. The molecule has 18 heavy (non-hydrogen) atoms. The van der Waals surface area contributed by atoms with E-state index < -0.39 is 0 Å². The molecule has 2 rings (SSSR count). The summed E-state index contributed by atoms with van der Waals surface area (Å²) in [6, 6.07) is 9.03. The maximum Gasteiger partial charge on any atom is 0.0367 e. The van der Waals surface area contributed by atoms with Crippen LogP contribution in [0, 0.1) is 0 Å².